The molecule has 0 saturated carbocycles. The van der Waals surface area contributed by atoms with Crippen LogP contribution in [0, 0.1) is 13.8 Å². The van der Waals surface area contributed by atoms with Crippen LogP contribution in [-0.4, -0.2) is 47.8 Å². The van der Waals surface area contributed by atoms with Crippen LogP contribution in [0.25, 0.3) is 0 Å². The van der Waals surface area contributed by atoms with Gasteiger partial charge in [0, 0.05) is 38.8 Å². The lowest BCUT2D eigenvalue weighted by Crippen LogP contribution is -2.36. The van der Waals surface area contributed by atoms with E-state index in [0.29, 0.717) is 31.7 Å². The Kier molecular flexibility index (Phi) is 5.79. The molecular formula is C22H27N3O2. The van der Waals surface area contributed by atoms with Crippen LogP contribution in [0.15, 0.2) is 42.5 Å². The Balaban J connectivity index is 1.82. The van der Waals surface area contributed by atoms with Gasteiger partial charge in [-0.3, -0.25) is 9.59 Å². The molecule has 0 aliphatic carbocycles. The van der Waals surface area contributed by atoms with E-state index in [2.05, 4.69) is 25.2 Å². The van der Waals surface area contributed by atoms with Crippen LogP contribution in [0.5, 0.6) is 0 Å². The zero-order valence-corrected chi connectivity index (χ0v) is 16.3. The van der Waals surface area contributed by atoms with Crippen molar-refractivity contribution in [2.24, 2.45) is 0 Å². The lowest BCUT2D eigenvalue weighted by molar-refractivity contribution is -0.128. The maximum absolute atomic E-state index is 13.2. The summed E-state index contributed by atoms with van der Waals surface area (Å²) in [4.78, 5) is 28.5. The first-order chi connectivity index (χ1) is 13.0. The van der Waals surface area contributed by atoms with Gasteiger partial charge in [0.15, 0.2) is 0 Å². The quantitative estimate of drug-likeness (QED) is 0.901. The summed E-state index contributed by atoms with van der Waals surface area (Å²) in [6, 6.07) is 13.7. The summed E-state index contributed by atoms with van der Waals surface area (Å²) in [5.74, 6) is 0.0788. The first-order valence-corrected chi connectivity index (χ1v) is 9.44. The zero-order valence-electron chi connectivity index (χ0n) is 16.3. The van der Waals surface area contributed by atoms with Crippen LogP contribution in [0.1, 0.15) is 34.8 Å². The third kappa shape index (κ3) is 4.30. The lowest BCUT2D eigenvalue weighted by Gasteiger charge is -2.23. The molecule has 0 atom stereocenters. The molecule has 0 bridgehead atoms. The molecular weight excluding hydrogens is 338 g/mol. The second-order valence-electron chi connectivity index (χ2n) is 7.07. The highest BCUT2D eigenvalue weighted by Crippen LogP contribution is 2.26. The predicted octanol–water partition coefficient (Wildman–Crippen LogP) is 3.74. The van der Waals surface area contributed by atoms with Crippen molar-refractivity contribution in [2.45, 2.75) is 27.2 Å². The van der Waals surface area contributed by atoms with E-state index in [9.17, 15) is 9.59 Å². The monoisotopic (exact) mass is 365 g/mol. The van der Waals surface area contributed by atoms with Crippen molar-refractivity contribution in [3.05, 3.63) is 59.2 Å². The molecule has 3 rings (SSSR count). The number of aryl methyl sites for hydroxylation is 1. The molecule has 27 heavy (non-hydrogen) atoms. The standard InChI is InChI=1S/C22H27N3O2/c1-16-8-6-11-20(17(16)2)23-21-10-5-4-9-19(21)22(27)25-13-7-12-24(14-15-25)18(3)26/h4-6,8-11,23H,7,12-15H2,1-3H3. The van der Waals surface area contributed by atoms with Crippen LogP contribution in [0.3, 0.4) is 0 Å². The third-order valence-corrected chi connectivity index (χ3v) is 5.26. The number of anilines is 2. The second-order valence-corrected chi connectivity index (χ2v) is 7.07. The summed E-state index contributed by atoms with van der Waals surface area (Å²) in [5.41, 5.74) is 4.86. The van der Waals surface area contributed by atoms with Gasteiger partial charge in [-0.1, -0.05) is 24.3 Å². The number of carbonyl (C=O) groups excluding carboxylic acids is 2. The number of carbonyl (C=O) groups is 2. The highest BCUT2D eigenvalue weighted by molar-refractivity contribution is 6.00. The molecule has 1 aliphatic heterocycles. The van der Waals surface area contributed by atoms with E-state index >= 15 is 0 Å². The van der Waals surface area contributed by atoms with Crippen LogP contribution in [-0.2, 0) is 4.79 Å². The fourth-order valence-electron chi connectivity index (χ4n) is 3.42. The third-order valence-electron chi connectivity index (χ3n) is 5.26. The fraction of sp³-hybridized carbons (Fsp3) is 0.364. The molecule has 142 valence electrons. The molecule has 0 spiro atoms. The van der Waals surface area contributed by atoms with Crippen LogP contribution in [0.4, 0.5) is 11.4 Å². The number of amides is 2. The highest BCUT2D eigenvalue weighted by Gasteiger charge is 2.23. The SMILES string of the molecule is CC(=O)N1CCCN(C(=O)c2ccccc2Nc2cccc(C)c2C)CC1. The van der Waals surface area contributed by atoms with E-state index in [-0.39, 0.29) is 11.8 Å². The van der Waals surface area contributed by atoms with Crippen molar-refractivity contribution < 1.29 is 9.59 Å². The van der Waals surface area contributed by atoms with Crippen molar-refractivity contribution in [3.8, 4) is 0 Å². The Bertz CT molecular complexity index is 847. The Hall–Kier alpha value is -2.82. The second kappa shape index (κ2) is 8.25. The van der Waals surface area contributed by atoms with Crippen molar-refractivity contribution >= 4 is 23.2 Å². The predicted molar refractivity (Wildman–Crippen MR) is 108 cm³/mol. The van der Waals surface area contributed by atoms with Gasteiger partial charge in [-0.05, 0) is 49.6 Å². The normalized spacial score (nSPS) is 14.6. The maximum atomic E-state index is 13.2. The summed E-state index contributed by atoms with van der Waals surface area (Å²) in [7, 11) is 0. The van der Waals surface area contributed by atoms with Gasteiger partial charge in [0.2, 0.25) is 5.91 Å². The smallest absolute Gasteiger partial charge is 0.256 e. The molecule has 5 nitrogen and oxygen atoms in total. The minimum absolute atomic E-state index is 0.00816. The zero-order chi connectivity index (χ0) is 19.4. The molecule has 1 aliphatic rings. The Morgan fingerprint density at radius 1 is 0.852 bits per heavy atom. The Morgan fingerprint density at radius 2 is 1.52 bits per heavy atom. The van der Waals surface area contributed by atoms with E-state index in [1.54, 1.807) is 6.92 Å². The van der Waals surface area contributed by atoms with E-state index in [1.807, 2.05) is 46.2 Å². The van der Waals surface area contributed by atoms with E-state index in [4.69, 9.17) is 0 Å². The van der Waals surface area contributed by atoms with Crippen LogP contribution >= 0.6 is 0 Å². The number of hydrogen-bond donors (Lipinski definition) is 1. The van der Waals surface area contributed by atoms with Gasteiger partial charge < -0.3 is 15.1 Å². The molecule has 1 fully saturated rings. The van der Waals surface area contributed by atoms with Crippen molar-refractivity contribution in [1.29, 1.82) is 0 Å². The van der Waals surface area contributed by atoms with E-state index in [1.165, 1.54) is 11.1 Å². The van der Waals surface area contributed by atoms with Gasteiger partial charge in [0.05, 0.1) is 11.3 Å². The van der Waals surface area contributed by atoms with Gasteiger partial charge in [-0.2, -0.15) is 0 Å². The van der Waals surface area contributed by atoms with Gasteiger partial charge in [0.1, 0.15) is 0 Å². The average molecular weight is 365 g/mol. The molecule has 0 aromatic heterocycles. The number of rotatable bonds is 3. The summed E-state index contributed by atoms with van der Waals surface area (Å²) < 4.78 is 0. The Morgan fingerprint density at radius 3 is 2.30 bits per heavy atom. The molecule has 1 saturated heterocycles. The topological polar surface area (TPSA) is 52.7 Å². The van der Waals surface area contributed by atoms with Crippen molar-refractivity contribution in [2.75, 3.05) is 31.5 Å². The largest absolute Gasteiger partial charge is 0.355 e. The van der Waals surface area contributed by atoms with Crippen molar-refractivity contribution in [3.63, 3.8) is 0 Å². The fourth-order valence-corrected chi connectivity index (χ4v) is 3.42. The van der Waals surface area contributed by atoms with Gasteiger partial charge in [0.25, 0.3) is 5.91 Å². The number of nitrogens with one attached hydrogen (secondary N) is 1. The first kappa shape index (κ1) is 19.0. The molecule has 5 heteroatoms. The number of benzene rings is 2. The summed E-state index contributed by atoms with van der Waals surface area (Å²) in [6.07, 6.45) is 0.803. The summed E-state index contributed by atoms with van der Waals surface area (Å²) in [6.45, 7) is 8.27. The van der Waals surface area contributed by atoms with Crippen LogP contribution < -0.4 is 5.32 Å². The number of nitrogens with zero attached hydrogens (tertiary/aromatic N) is 2. The Labute approximate surface area is 161 Å². The molecule has 2 aromatic carbocycles. The molecule has 2 amide bonds. The molecule has 0 unspecified atom stereocenters. The van der Waals surface area contributed by atoms with Gasteiger partial charge in [-0.25, -0.2) is 0 Å². The molecule has 1 N–H and O–H groups in total. The van der Waals surface area contributed by atoms with Crippen LogP contribution in [0.2, 0.25) is 0 Å². The number of hydrogen-bond acceptors (Lipinski definition) is 3. The molecule has 1 heterocycles. The highest BCUT2D eigenvalue weighted by atomic mass is 16.2. The summed E-state index contributed by atoms with van der Waals surface area (Å²) >= 11 is 0. The van der Waals surface area contributed by atoms with Gasteiger partial charge in [-0.15, -0.1) is 0 Å². The minimum Gasteiger partial charge on any atom is -0.355 e. The lowest BCUT2D eigenvalue weighted by atomic mass is 10.1. The van der Waals surface area contributed by atoms with Crippen molar-refractivity contribution in [1.82, 2.24) is 9.80 Å². The van der Waals surface area contributed by atoms with E-state index in [0.717, 1.165) is 17.8 Å². The molecule has 0 radical (unpaired) electrons. The minimum atomic E-state index is 0.00816. The maximum Gasteiger partial charge on any atom is 0.256 e. The van der Waals surface area contributed by atoms with E-state index < -0.39 is 0 Å². The summed E-state index contributed by atoms with van der Waals surface area (Å²) in [5, 5.41) is 3.43. The first-order valence-electron chi connectivity index (χ1n) is 9.44. The van der Waals surface area contributed by atoms with Gasteiger partial charge >= 0.3 is 0 Å². The number of para-hydroxylation sites is 1. The molecule has 2 aromatic rings. The average Bonchev–Trinajstić information content (AvgIpc) is 2.92.